The molecule has 3 aromatic rings. The predicted octanol–water partition coefficient (Wildman–Crippen LogP) is 4.23. The number of aliphatic carboxylic acids is 1. The van der Waals surface area contributed by atoms with Crippen LogP contribution in [0.15, 0.2) is 44.2 Å². The molecule has 2 atom stereocenters. The molecule has 1 saturated heterocycles. The molecular weight excluding hydrogens is 392 g/mol. The van der Waals surface area contributed by atoms with Gasteiger partial charge in [-0.2, -0.15) is 0 Å². The van der Waals surface area contributed by atoms with Gasteiger partial charge in [-0.1, -0.05) is 0 Å². The van der Waals surface area contributed by atoms with Crippen LogP contribution in [0, 0.1) is 0 Å². The number of hydrogen-bond acceptors (Lipinski definition) is 8. The fourth-order valence-corrected chi connectivity index (χ4v) is 5.75. The highest BCUT2D eigenvalue weighted by atomic mass is 32.2. The molecule has 4 rings (SSSR count). The van der Waals surface area contributed by atoms with Crippen LogP contribution < -0.4 is 10.1 Å². The van der Waals surface area contributed by atoms with Crippen LogP contribution >= 0.6 is 34.9 Å². The zero-order valence-electron chi connectivity index (χ0n) is 13.8. The molecule has 1 aromatic carbocycles. The van der Waals surface area contributed by atoms with Crippen molar-refractivity contribution >= 4 is 51.0 Å². The van der Waals surface area contributed by atoms with Gasteiger partial charge in [0.05, 0.1) is 16.8 Å². The molecule has 6 nitrogen and oxygen atoms in total. The van der Waals surface area contributed by atoms with Crippen molar-refractivity contribution in [1.29, 1.82) is 0 Å². The lowest BCUT2D eigenvalue weighted by Crippen LogP contribution is -2.33. The molecule has 0 bridgehead atoms. The maximum absolute atomic E-state index is 11.0. The number of thiazole rings is 1. The molecule has 3 heterocycles. The molecule has 136 valence electrons. The highest BCUT2D eigenvalue weighted by Crippen LogP contribution is 2.39. The largest absolute Gasteiger partial charge is 0.494 e. The molecule has 2 aromatic heterocycles. The number of aromatic nitrogens is 1. The van der Waals surface area contributed by atoms with Crippen LogP contribution in [0.5, 0.6) is 5.75 Å². The maximum Gasteiger partial charge on any atom is 0.321 e. The van der Waals surface area contributed by atoms with E-state index in [4.69, 9.17) is 14.3 Å². The first-order valence-electron chi connectivity index (χ1n) is 8.04. The highest BCUT2D eigenvalue weighted by molar-refractivity contribution is 8.01. The summed E-state index contributed by atoms with van der Waals surface area (Å²) in [5.41, 5.74) is 0.935. The molecule has 26 heavy (non-hydrogen) atoms. The Morgan fingerprint density at radius 2 is 2.35 bits per heavy atom. The number of furan rings is 1. The average Bonchev–Trinajstić information content (AvgIpc) is 3.33. The number of hydrogen-bond donors (Lipinski definition) is 2. The second-order valence-corrected chi connectivity index (χ2v) is 8.99. The van der Waals surface area contributed by atoms with Crippen LogP contribution in [0.4, 0.5) is 0 Å². The first-order chi connectivity index (χ1) is 12.6. The first-order valence-corrected chi connectivity index (χ1v) is 10.7. The van der Waals surface area contributed by atoms with Crippen LogP contribution in [0.3, 0.4) is 0 Å². The van der Waals surface area contributed by atoms with E-state index in [1.807, 2.05) is 37.3 Å². The summed E-state index contributed by atoms with van der Waals surface area (Å²) < 4.78 is 13.4. The molecule has 0 aliphatic carbocycles. The van der Waals surface area contributed by atoms with E-state index in [1.54, 1.807) is 11.3 Å². The molecule has 0 unspecified atom stereocenters. The maximum atomic E-state index is 11.0. The summed E-state index contributed by atoms with van der Waals surface area (Å²) in [6.45, 7) is 2.60. The SMILES string of the molecule is CCOc1ccc2nc(Sc3ccc([C@@H]4N[C@@H](C(=O)O)CS4)o3)sc2c1. The van der Waals surface area contributed by atoms with Gasteiger partial charge in [0, 0.05) is 5.75 Å². The molecule has 0 amide bonds. The lowest BCUT2D eigenvalue weighted by atomic mass is 10.3. The number of rotatable bonds is 6. The second kappa shape index (κ2) is 7.51. The number of nitrogens with one attached hydrogen (secondary N) is 1. The normalized spacial score (nSPS) is 19.9. The Bertz CT molecular complexity index is 939. The van der Waals surface area contributed by atoms with Crippen molar-refractivity contribution in [2.24, 2.45) is 0 Å². The van der Waals surface area contributed by atoms with Crippen LogP contribution in [0.1, 0.15) is 18.1 Å². The molecular formula is C17H16N2O4S3. The molecule has 1 aliphatic rings. The van der Waals surface area contributed by atoms with Crippen LogP contribution in [-0.4, -0.2) is 34.5 Å². The molecule has 0 spiro atoms. The van der Waals surface area contributed by atoms with Crippen molar-refractivity contribution in [1.82, 2.24) is 10.3 Å². The Morgan fingerprint density at radius 3 is 3.12 bits per heavy atom. The summed E-state index contributed by atoms with van der Waals surface area (Å²) in [4.78, 5) is 15.7. The van der Waals surface area contributed by atoms with E-state index in [9.17, 15) is 4.79 Å². The van der Waals surface area contributed by atoms with Crippen molar-refractivity contribution < 1.29 is 19.1 Å². The van der Waals surface area contributed by atoms with Gasteiger partial charge in [0.2, 0.25) is 0 Å². The Kier molecular flexibility index (Phi) is 5.12. The van der Waals surface area contributed by atoms with Crippen LogP contribution in [0.2, 0.25) is 0 Å². The highest BCUT2D eigenvalue weighted by Gasteiger charge is 2.32. The molecule has 0 saturated carbocycles. The summed E-state index contributed by atoms with van der Waals surface area (Å²) >= 11 is 4.60. The van der Waals surface area contributed by atoms with E-state index in [-0.39, 0.29) is 5.37 Å². The predicted molar refractivity (Wildman–Crippen MR) is 103 cm³/mol. The topological polar surface area (TPSA) is 84.6 Å². The Hall–Kier alpha value is -1.68. The van der Waals surface area contributed by atoms with E-state index in [2.05, 4.69) is 10.3 Å². The molecule has 1 aliphatic heterocycles. The van der Waals surface area contributed by atoms with Gasteiger partial charge in [0.15, 0.2) is 9.43 Å². The van der Waals surface area contributed by atoms with Gasteiger partial charge < -0.3 is 14.3 Å². The lowest BCUT2D eigenvalue weighted by Gasteiger charge is -2.07. The van der Waals surface area contributed by atoms with Crippen LogP contribution in [-0.2, 0) is 4.79 Å². The number of carboxylic acids is 1. The monoisotopic (exact) mass is 408 g/mol. The van der Waals surface area contributed by atoms with E-state index in [0.29, 0.717) is 12.4 Å². The fourth-order valence-electron chi connectivity index (χ4n) is 2.58. The third-order valence-electron chi connectivity index (χ3n) is 3.78. The van der Waals surface area contributed by atoms with Crippen molar-refractivity contribution in [3.8, 4) is 5.75 Å². The van der Waals surface area contributed by atoms with Gasteiger partial charge in [0.25, 0.3) is 0 Å². The van der Waals surface area contributed by atoms with E-state index >= 15 is 0 Å². The number of nitrogens with zero attached hydrogens (tertiary/aromatic N) is 1. The number of benzene rings is 1. The van der Waals surface area contributed by atoms with Gasteiger partial charge in [-0.15, -0.1) is 23.1 Å². The molecule has 1 fully saturated rings. The first kappa shape index (κ1) is 17.7. The number of ether oxygens (including phenoxy) is 1. The number of carboxylic acid groups (broad SMARTS) is 1. The zero-order valence-corrected chi connectivity index (χ0v) is 16.2. The lowest BCUT2D eigenvalue weighted by molar-refractivity contribution is -0.138. The zero-order chi connectivity index (χ0) is 18.1. The van der Waals surface area contributed by atoms with Gasteiger partial charge in [-0.3, -0.25) is 10.1 Å². The van der Waals surface area contributed by atoms with Gasteiger partial charge in [0.1, 0.15) is 22.9 Å². The van der Waals surface area contributed by atoms with E-state index < -0.39 is 12.0 Å². The number of fused-ring (bicyclic) bond motifs is 1. The summed E-state index contributed by atoms with van der Waals surface area (Å²) in [5, 5.41) is 12.7. The smallest absolute Gasteiger partial charge is 0.321 e. The summed E-state index contributed by atoms with van der Waals surface area (Å²) in [6.07, 6.45) is 0. The quantitative estimate of drug-likeness (QED) is 0.627. The van der Waals surface area contributed by atoms with Crippen LogP contribution in [0.25, 0.3) is 10.2 Å². The molecule has 2 N–H and O–H groups in total. The number of carbonyl (C=O) groups is 1. The van der Waals surface area contributed by atoms with Crippen molar-refractivity contribution in [3.05, 3.63) is 36.1 Å². The fraction of sp³-hybridized carbons (Fsp3) is 0.294. The average molecular weight is 409 g/mol. The molecule has 9 heteroatoms. The van der Waals surface area contributed by atoms with Gasteiger partial charge >= 0.3 is 5.97 Å². The van der Waals surface area contributed by atoms with E-state index in [1.165, 1.54) is 23.5 Å². The Balaban J connectivity index is 1.47. The standard InChI is InChI=1S/C17H16N2O4S3/c1-2-22-9-3-4-10-13(7-9)25-17(19-10)26-14-6-5-12(23-14)15-18-11(8-24-15)16(20)21/h3-7,11,15,18H,2,8H2,1H3,(H,20,21)/t11-,15-/m1/s1. The second-order valence-electron chi connectivity index (χ2n) is 5.57. The summed E-state index contributed by atoms with van der Waals surface area (Å²) in [7, 11) is 0. The summed E-state index contributed by atoms with van der Waals surface area (Å²) in [5.74, 6) is 1.28. The Morgan fingerprint density at radius 1 is 1.46 bits per heavy atom. The van der Waals surface area contributed by atoms with Crippen molar-refractivity contribution in [3.63, 3.8) is 0 Å². The minimum Gasteiger partial charge on any atom is -0.494 e. The summed E-state index contributed by atoms with van der Waals surface area (Å²) in [6, 6.07) is 9.13. The third kappa shape index (κ3) is 3.71. The minimum absolute atomic E-state index is 0.130. The Labute approximate surface area is 162 Å². The van der Waals surface area contributed by atoms with Crippen molar-refractivity contribution in [2.45, 2.75) is 27.8 Å². The van der Waals surface area contributed by atoms with Gasteiger partial charge in [-0.05, 0) is 49.0 Å². The minimum atomic E-state index is -0.831. The number of thioether (sulfide) groups is 1. The van der Waals surface area contributed by atoms with Crippen molar-refractivity contribution in [2.75, 3.05) is 12.4 Å². The van der Waals surface area contributed by atoms with Gasteiger partial charge in [-0.25, -0.2) is 4.98 Å². The van der Waals surface area contributed by atoms with E-state index in [0.717, 1.165) is 31.2 Å². The third-order valence-corrected chi connectivity index (χ3v) is 7.01. The molecule has 0 radical (unpaired) electrons.